The lowest BCUT2D eigenvalue weighted by Gasteiger charge is -2.34. The molecule has 0 spiro atoms. The lowest BCUT2D eigenvalue weighted by atomic mass is 10.0. The molecule has 0 bridgehead atoms. The van der Waals surface area contributed by atoms with Gasteiger partial charge < -0.3 is 20.7 Å². The highest BCUT2D eigenvalue weighted by molar-refractivity contribution is 6.05. The molecule has 5 rings (SSSR count). The van der Waals surface area contributed by atoms with Crippen LogP contribution >= 0.6 is 0 Å². The van der Waals surface area contributed by atoms with Gasteiger partial charge in [0, 0.05) is 36.6 Å². The van der Waals surface area contributed by atoms with Crippen LogP contribution in [0.3, 0.4) is 0 Å². The van der Waals surface area contributed by atoms with Crippen LogP contribution in [-0.2, 0) is 4.74 Å². The molecule has 39 heavy (non-hydrogen) atoms. The number of halogens is 1. The van der Waals surface area contributed by atoms with Gasteiger partial charge in [0.25, 0.3) is 5.91 Å². The first-order chi connectivity index (χ1) is 18.6. The number of nitrogens with one attached hydrogen (secondary N) is 1. The zero-order chi connectivity index (χ0) is 27.7. The molecule has 202 valence electrons. The number of nitrogens with two attached hydrogens (primary N) is 1. The third-order valence-electron chi connectivity index (χ3n) is 6.44. The number of aromatic nitrogens is 4. The number of nitrogens with zero attached hydrogens (tertiary/aromatic N) is 5. The van der Waals surface area contributed by atoms with E-state index in [1.54, 1.807) is 46.2 Å². The molecule has 1 saturated heterocycles. The van der Waals surface area contributed by atoms with Crippen LogP contribution in [0.2, 0.25) is 0 Å². The van der Waals surface area contributed by atoms with Crippen LogP contribution in [0.5, 0.6) is 0 Å². The molecule has 0 saturated carbocycles. The number of carbonyl (C=O) groups excluding carboxylic acids is 2. The van der Waals surface area contributed by atoms with Crippen LogP contribution in [0.1, 0.15) is 50.0 Å². The molecule has 3 N–H and O–H groups in total. The van der Waals surface area contributed by atoms with E-state index in [4.69, 9.17) is 15.6 Å². The molecule has 1 aliphatic rings. The molecule has 1 aromatic carbocycles. The van der Waals surface area contributed by atoms with Crippen LogP contribution < -0.4 is 11.1 Å². The highest BCUT2D eigenvalue weighted by Gasteiger charge is 2.31. The highest BCUT2D eigenvalue weighted by Crippen LogP contribution is 2.36. The van der Waals surface area contributed by atoms with Crippen molar-refractivity contribution in [3.63, 3.8) is 0 Å². The minimum absolute atomic E-state index is 0.136. The molecule has 3 aromatic heterocycles. The minimum Gasteiger partial charge on any atom is -0.444 e. The molecule has 0 unspecified atom stereocenters. The second kappa shape index (κ2) is 10.3. The summed E-state index contributed by atoms with van der Waals surface area (Å²) in [6, 6.07) is 10.9. The average molecular weight is 532 g/mol. The van der Waals surface area contributed by atoms with E-state index in [1.165, 1.54) is 12.1 Å². The summed E-state index contributed by atoms with van der Waals surface area (Å²) in [5.74, 6) is -0.536. The molecule has 1 aliphatic heterocycles. The number of amides is 2. The van der Waals surface area contributed by atoms with E-state index in [1.807, 2.05) is 20.8 Å². The lowest BCUT2D eigenvalue weighted by Crippen LogP contribution is -2.43. The molecule has 2 amide bonds. The Hall–Kier alpha value is -4.54. The van der Waals surface area contributed by atoms with E-state index in [9.17, 15) is 9.59 Å². The van der Waals surface area contributed by atoms with Gasteiger partial charge in [0.2, 0.25) is 0 Å². The average Bonchev–Trinajstić information content (AvgIpc) is 3.29. The first kappa shape index (κ1) is 26.1. The van der Waals surface area contributed by atoms with Crippen LogP contribution in [0.25, 0.3) is 22.2 Å². The fourth-order valence-corrected chi connectivity index (χ4v) is 4.70. The van der Waals surface area contributed by atoms with E-state index < -0.39 is 17.3 Å². The summed E-state index contributed by atoms with van der Waals surface area (Å²) in [7, 11) is 0. The molecule has 0 aliphatic carbocycles. The van der Waals surface area contributed by atoms with Gasteiger partial charge >= 0.3 is 6.09 Å². The van der Waals surface area contributed by atoms with E-state index in [2.05, 4.69) is 15.3 Å². The number of hydrogen-bond acceptors (Lipinski definition) is 7. The van der Waals surface area contributed by atoms with Crippen LogP contribution in [0, 0.1) is 5.82 Å². The zero-order valence-electron chi connectivity index (χ0n) is 22.0. The Bertz CT molecular complexity index is 1530. The lowest BCUT2D eigenvalue weighted by molar-refractivity contribution is 0.0169. The number of likely N-dealkylation sites (tertiary alicyclic amines) is 1. The summed E-state index contributed by atoms with van der Waals surface area (Å²) >= 11 is 0. The van der Waals surface area contributed by atoms with Crippen molar-refractivity contribution >= 4 is 34.5 Å². The van der Waals surface area contributed by atoms with Crippen molar-refractivity contribution in [2.75, 3.05) is 24.1 Å². The number of anilines is 2. The molecule has 1 fully saturated rings. The zero-order valence-corrected chi connectivity index (χ0v) is 22.0. The largest absolute Gasteiger partial charge is 0.444 e. The number of piperidine rings is 1. The van der Waals surface area contributed by atoms with E-state index >= 15 is 4.39 Å². The summed E-state index contributed by atoms with van der Waals surface area (Å²) in [5, 5.41) is 7.94. The second-order valence-electron chi connectivity index (χ2n) is 10.5. The molecular formula is C28H30FN7O3. The van der Waals surface area contributed by atoms with Gasteiger partial charge in [-0.2, -0.15) is 5.10 Å². The Labute approximate surface area is 225 Å². The van der Waals surface area contributed by atoms with Crippen molar-refractivity contribution < 1.29 is 18.7 Å². The minimum atomic E-state index is -0.627. The molecule has 10 nitrogen and oxygen atoms in total. The maximum absolute atomic E-state index is 15.5. The molecule has 1 atom stereocenters. The number of fused-ring (bicyclic) bond motifs is 1. The number of rotatable bonds is 4. The summed E-state index contributed by atoms with van der Waals surface area (Å²) in [6.07, 6.45) is 4.28. The number of pyridine rings is 2. The monoisotopic (exact) mass is 531 g/mol. The SMILES string of the molecule is CC(C)(C)OC(=O)N1CCC[C@@H](n2nc(-c3ccc(C(=O)Nc4ccccn4)cc3F)c3c(N)nccc32)C1. The van der Waals surface area contributed by atoms with Crippen LogP contribution in [0.15, 0.2) is 54.9 Å². The molecule has 0 radical (unpaired) electrons. The van der Waals surface area contributed by atoms with Crippen molar-refractivity contribution in [2.24, 2.45) is 0 Å². The standard InChI is InChI=1S/C28H30FN7O3/c1-28(2,3)39-27(38)35-14-6-7-18(16-35)36-21-11-13-32-25(30)23(21)24(34-36)19-10-9-17(15-20(19)29)26(37)33-22-8-4-5-12-31-22/h4-5,8-13,15,18H,6-7,14,16H2,1-3H3,(H2,30,32)(H,31,33,37)/t18-/m1/s1. The maximum Gasteiger partial charge on any atom is 0.410 e. The van der Waals surface area contributed by atoms with Crippen molar-refractivity contribution in [3.8, 4) is 11.3 Å². The van der Waals surface area contributed by atoms with Crippen molar-refractivity contribution in [3.05, 3.63) is 66.2 Å². The summed E-state index contributed by atoms with van der Waals surface area (Å²) < 4.78 is 22.9. The third-order valence-corrected chi connectivity index (χ3v) is 6.44. The summed E-state index contributed by atoms with van der Waals surface area (Å²) in [4.78, 5) is 35.3. The molecular weight excluding hydrogens is 501 g/mol. The number of carbonyl (C=O) groups is 2. The number of nitrogen functional groups attached to an aromatic ring is 1. The van der Waals surface area contributed by atoms with Gasteiger partial charge in [-0.3, -0.25) is 9.48 Å². The number of ether oxygens (including phenoxy) is 1. The van der Waals surface area contributed by atoms with Gasteiger partial charge in [-0.05, 0) is 70.0 Å². The highest BCUT2D eigenvalue weighted by atomic mass is 19.1. The van der Waals surface area contributed by atoms with Crippen molar-refractivity contribution in [2.45, 2.75) is 45.3 Å². The summed E-state index contributed by atoms with van der Waals surface area (Å²) in [6.45, 7) is 6.46. The fourth-order valence-electron chi connectivity index (χ4n) is 4.70. The maximum atomic E-state index is 15.5. The predicted octanol–water partition coefficient (Wildman–Crippen LogP) is 5.04. The number of hydrogen-bond donors (Lipinski definition) is 2. The van der Waals surface area contributed by atoms with Crippen molar-refractivity contribution in [1.82, 2.24) is 24.6 Å². The normalized spacial score (nSPS) is 15.8. The van der Waals surface area contributed by atoms with Crippen LogP contribution in [-0.4, -0.2) is 55.3 Å². The third kappa shape index (κ3) is 5.52. The van der Waals surface area contributed by atoms with Gasteiger partial charge in [-0.15, -0.1) is 0 Å². The van der Waals surface area contributed by atoms with Crippen LogP contribution in [0.4, 0.5) is 20.8 Å². The topological polar surface area (TPSA) is 128 Å². The van der Waals surface area contributed by atoms with E-state index in [0.717, 1.165) is 18.9 Å². The Morgan fingerprint density at radius 2 is 1.95 bits per heavy atom. The van der Waals surface area contributed by atoms with Gasteiger partial charge in [-0.1, -0.05) is 6.07 Å². The quantitative estimate of drug-likeness (QED) is 0.378. The molecule has 4 heterocycles. The Balaban J connectivity index is 1.47. The first-order valence-electron chi connectivity index (χ1n) is 12.7. The van der Waals surface area contributed by atoms with Gasteiger partial charge in [-0.25, -0.2) is 19.2 Å². The van der Waals surface area contributed by atoms with E-state index in [-0.39, 0.29) is 29.1 Å². The van der Waals surface area contributed by atoms with E-state index in [0.29, 0.717) is 35.5 Å². The summed E-state index contributed by atoms with van der Waals surface area (Å²) in [5.41, 5.74) is 6.98. The first-order valence-corrected chi connectivity index (χ1v) is 12.7. The molecule has 11 heteroatoms. The fraction of sp³-hybridized carbons (Fsp3) is 0.321. The van der Waals surface area contributed by atoms with Crippen molar-refractivity contribution in [1.29, 1.82) is 0 Å². The molecule has 4 aromatic rings. The predicted molar refractivity (Wildman–Crippen MR) is 146 cm³/mol. The Kier molecular flexibility index (Phi) is 6.90. The van der Waals surface area contributed by atoms with Gasteiger partial charge in [0.05, 0.1) is 16.9 Å². The van der Waals surface area contributed by atoms with Gasteiger partial charge in [0.15, 0.2) is 0 Å². The second-order valence-corrected chi connectivity index (χ2v) is 10.5. The van der Waals surface area contributed by atoms with Gasteiger partial charge in [0.1, 0.15) is 28.7 Å². The smallest absolute Gasteiger partial charge is 0.410 e. The number of benzene rings is 1. The Morgan fingerprint density at radius 3 is 2.67 bits per heavy atom. The Morgan fingerprint density at radius 1 is 1.13 bits per heavy atom.